The Hall–Kier alpha value is -1.24. The van der Waals surface area contributed by atoms with E-state index >= 15 is 0 Å². The van der Waals surface area contributed by atoms with Crippen molar-refractivity contribution in [3.8, 4) is 5.75 Å². The van der Waals surface area contributed by atoms with Crippen molar-refractivity contribution in [2.75, 3.05) is 5.73 Å². The first kappa shape index (κ1) is 13.8. The predicted molar refractivity (Wildman–Crippen MR) is 60.3 cm³/mol. The van der Waals surface area contributed by atoms with E-state index in [1.165, 1.54) is 12.1 Å². The van der Waals surface area contributed by atoms with Gasteiger partial charge in [0.2, 0.25) is 0 Å². The second-order valence-electron chi connectivity index (χ2n) is 3.28. The number of anilines is 1. The maximum Gasteiger partial charge on any atom is 0.573 e. The molecule has 0 saturated carbocycles. The summed E-state index contributed by atoms with van der Waals surface area (Å²) in [6, 6.07) is 3.52. The SMILES string of the molecule is CC(Br)C(=O)c1ccc(N)c(OC(F)(F)F)c1. The molecule has 0 aliphatic heterocycles. The van der Waals surface area contributed by atoms with Gasteiger partial charge in [-0.2, -0.15) is 0 Å². The van der Waals surface area contributed by atoms with E-state index in [1.807, 2.05) is 0 Å². The Kier molecular flexibility index (Phi) is 4.03. The summed E-state index contributed by atoms with van der Waals surface area (Å²) in [5.41, 5.74) is 5.25. The fourth-order valence-corrected chi connectivity index (χ4v) is 1.39. The molecule has 1 atom stereocenters. The lowest BCUT2D eigenvalue weighted by Gasteiger charge is -2.12. The van der Waals surface area contributed by atoms with Gasteiger partial charge >= 0.3 is 6.36 Å². The highest BCUT2D eigenvalue weighted by molar-refractivity contribution is 9.10. The molecule has 1 rings (SSSR count). The number of ketones is 1. The number of hydrogen-bond acceptors (Lipinski definition) is 3. The minimum absolute atomic E-state index is 0.0998. The maximum absolute atomic E-state index is 12.0. The monoisotopic (exact) mass is 311 g/mol. The predicted octanol–water partition coefficient (Wildman–Crippen LogP) is 3.13. The molecule has 7 heteroatoms. The Bertz CT molecular complexity index is 432. The fourth-order valence-electron chi connectivity index (χ4n) is 1.13. The highest BCUT2D eigenvalue weighted by Crippen LogP contribution is 2.29. The fraction of sp³-hybridized carbons (Fsp3) is 0.300. The molecule has 3 nitrogen and oxygen atoms in total. The number of Topliss-reactive ketones (excluding diaryl/α,β-unsaturated/α-hetero) is 1. The summed E-state index contributed by atoms with van der Waals surface area (Å²) in [4.78, 5) is 11.1. The van der Waals surface area contributed by atoms with Crippen LogP contribution in [0.15, 0.2) is 18.2 Å². The quantitative estimate of drug-likeness (QED) is 0.530. The molecular formula is C10H9BrF3NO2. The Morgan fingerprint density at radius 1 is 1.47 bits per heavy atom. The van der Waals surface area contributed by atoms with Crippen LogP contribution in [0.2, 0.25) is 0 Å². The first-order valence-electron chi connectivity index (χ1n) is 4.54. The average Bonchev–Trinajstić information content (AvgIpc) is 2.18. The number of carbonyl (C=O) groups is 1. The van der Waals surface area contributed by atoms with Gasteiger partial charge in [0.05, 0.1) is 10.5 Å². The van der Waals surface area contributed by atoms with Crippen LogP contribution in [-0.4, -0.2) is 17.0 Å². The number of ether oxygens (including phenoxy) is 1. The molecule has 0 aromatic heterocycles. The van der Waals surface area contributed by atoms with Gasteiger partial charge in [0.1, 0.15) is 0 Å². The van der Waals surface area contributed by atoms with Gasteiger partial charge in [-0.3, -0.25) is 4.79 Å². The lowest BCUT2D eigenvalue weighted by Crippen LogP contribution is -2.19. The summed E-state index contributed by atoms with van der Waals surface area (Å²) in [6.07, 6.45) is -4.84. The molecule has 1 aromatic rings. The number of halogens is 4. The normalized spacial score (nSPS) is 13.2. The number of nitrogens with two attached hydrogens (primary N) is 1. The zero-order valence-electron chi connectivity index (χ0n) is 8.72. The summed E-state index contributed by atoms with van der Waals surface area (Å²) in [6.45, 7) is 1.57. The van der Waals surface area contributed by atoms with E-state index in [0.29, 0.717) is 0 Å². The van der Waals surface area contributed by atoms with Gasteiger partial charge in [-0.05, 0) is 25.1 Å². The molecule has 1 unspecified atom stereocenters. The smallest absolute Gasteiger partial charge is 0.404 e. The molecule has 0 amide bonds. The zero-order valence-corrected chi connectivity index (χ0v) is 10.3. The number of carbonyl (C=O) groups excluding carboxylic acids is 1. The molecule has 0 bridgehead atoms. The van der Waals surface area contributed by atoms with E-state index in [-0.39, 0.29) is 17.0 Å². The van der Waals surface area contributed by atoms with Crippen LogP contribution in [0.3, 0.4) is 0 Å². The second-order valence-corrected chi connectivity index (χ2v) is 4.65. The molecular weight excluding hydrogens is 303 g/mol. The van der Waals surface area contributed by atoms with Crippen LogP contribution in [0.5, 0.6) is 5.75 Å². The molecule has 0 aliphatic carbocycles. The Labute approximate surface area is 104 Å². The third kappa shape index (κ3) is 3.92. The minimum Gasteiger partial charge on any atom is -0.404 e. The molecule has 17 heavy (non-hydrogen) atoms. The van der Waals surface area contributed by atoms with Gasteiger partial charge in [0.25, 0.3) is 0 Å². The van der Waals surface area contributed by atoms with Crippen LogP contribution in [0.25, 0.3) is 0 Å². The van der Waals surface area contributed by atoms with Crippen molar-refractivity contribution in [2.24, 2.45) is 0 Å². The molecule has 0 saturated heterocycles. The Morgan fingerprint density at radius 3 is 2.53 bits per heavy atom. The van der Waals surface area contributed by atoms with Crippen LogP contribution in [0, 0.1) is 0 Å². The van der Waals surface area contributed by atoms with Crippen LogP contribution in [-0.2, 0) is 0 Å². The van der Waals surface area contributed by atoms with Crippen LogP contribution < -0.4 is 10.5 Å². The number of nitrogen functional groups attached to an aromatic ring is 1. The topological polar surface area (TPSA) is 52.3 Å². The van der Waals surface area contributed by atoms with E-state index in [4.69, 9.17) is 5.73 Å². The van der Waals surface area contributed by atoms with Gasteiger partial charge in [0.15, 0.2) is 11.5 Å². The van der Waals surface area contributed by atoms with E-state index in [2.05, 4.69) is 20.7 Å². The first-order chi connectivity index (χ1) is 7.70. The van der Waals surface area contributed by atoms with Crippen LogP contribution >= 0.6 is 15.9 Å². The summed E-state index contributed by atoms with van der Waals surface area (Å²) in [5.74, 6) is -0.923. The number of alkyl halides is 4. The number of rotatable bonds is 3. The Morgan fingerprint density at radius 2 is 2.06 bits per heavy atom. The molecule has 0 radical (unpaired) electrons. The highest BCUT2D eigenvalue weighted by Gasteiger charge is 2.32. The molecule has 94 valence electrons. The largest absolute Gasteiger partial charge is 0.573 e. The third-order valence-corrected chi connectivity index (χ3v) is 2.30. The van der Waals surface area contributed by atoms with Gasteiger partial charge < -0.3 is 10.5 Å². The first-order valence-corrected chi connectivity index (χ1v) is 5.46. The zero-order chi connectivity index (χ0) is 13.2. The van der Waals surface area contributed by atoms with Gasteiger partial charge in [-0.15, -0.1) is 13.2 Å². The second kappa shape index (κ2) is 4.95. The molecule has 0 spiro atoms. The lowest BCUT2D eigenvalue weighted by molar-refractivity contribution is -0.274. The molecule has 2 N–H and O–H groups in total. The Balaban J connectivity index is 3.07. The van der Waals surface area contributed by atoms with Crippen molar-refractivity contribution in [1.82, 2.24) is 0 Å². The minimum atomic E-state index is -4.84. The van der Waals surface area contributed by atoms with Crippen molar-refractivity contribution >= 4 is 27.4 Å². The average molecular weight is 312 g/mol. The molecule has 0 heterocycles. The standard InChI is InChI=1S/C10H9BrF3NO2/c1-5(11)9(16)6-2-3-7(15)8(4-6)17-10(12,13)14/h2-5H,15H2,1H3. The summed E-state index contributed by atoms with van der Waals surface area (Å²) in [5, 5.41) is 0. The summed E-state index contributed by atoms with van der Waals surface area (Å²) in [7, 11) is 0. The van der Waals surface area contributed by atoms with Crippen LogP contribution in [0.1, 0.15) is 17.3 Å². The van der Waals surface area contributed by atoms with E-state index in [1.54, 1.807) is 6.92 Å². The van der Waals surface area contributed by atoms with Crippen molar-refractivity contribution in [3.63, 3.8) is 0 Å². The highest BCUT2D eigenvalue weighted by atomic mass is 79.9. The van der Waals surface area contributed by atoms with E-state index in [0.717, 1.165) is 6.07 Å². The molecule has 0 fully saturated rings. The van der Waals surface area contributed by atoms with Crippen molar-refractivity contribution < 1.29 is 22.7 Å². The van der Waals surface area contributed by atoms with Crippen molar-refractivity contribution in [3.05, 3.63) is 23.8 Å². The molecule has 1 aromatic carbocycles. The number of benzene rings is 1. The van der Waals surface area contributed by atoms with Gasteiger partial charge in [0, 0.05) is 5.56 Å². The lowest BCUT2D eigenvalue weighted by atomic mass is 10.1. The van der Waals surface area contributed by atoms with Crippen molar-refractivity contribution in [2.45, 2.75) is 18.1 Å². The van der Waals surface area contributed by atoms with Gasteiger partial charge in [-0.25, -0.2) is 0 Å². The number of hydrogen-bond donors (Lipinski definition) is 1. The van der Waals surface area contributed by atoms with Gasteiger partial charge in [-0.1, -0.05) is 15.9 Å². The third-order valence-electron chi connectivity index (χ3n) is 1.89. The molecule has 0 aliphatic rings. The van der Waals surface area contributed by atoms with E-state index < -0.39 is 16.9 Å². The summed E-state index contributed by atoms with van der Waals surface area (Å²) < 4.78 is 39.8. The summed E-state index contributed by atoms with van der Waals surface area (Å²) >= 11 is 3.04. The van der Waals surface area contributed by atoms with Crippen molar-refractivity contribution in [1.29, 1.82) is 0 Å². The van der Waals surface area contributed by atoms with E-state index in [9.17, 15) is 18.0 Å². The van der Waals surface area contributed by atoms with Crippen LogP contribution in [0.4, 0.5) is 18.9 Å². The maximum atomic E-state index is 12.0.